The van der Waals surface area contributed by atoms with Gasteiger partial charge in [-0.2, -0.15) is 0 Å². The Labute approximate surface area is 71.7 Å². The molecule has 0 N–H and O–H groups in total. The van der Waals surface area contributed by atoms with E-state index in [0.717, 1.165) is 0 Å². The van der Waals surface area contributed by atoms with Crippen LogP contribution in [0.4, 0.5) is 0 Å². The van der Waals surface area contributed by atoms with Crippen LogP contribution in [0.25, 0.3) is 0 Å². The van der Waals surface area contributed by atoms with Gasteiger partial charge in [-0.1, -0.05) is 35.2 Å². The van der Waals surface area contributed by atoms with Crippen molar-refractivity contribution < 1.29 is 25.5 Å². The third-order valence-electron chi connectivity index (χ3n) is 0.936. The summed E-state index contributed by atoms with van der Waals surface area (Å²) in [6, 6.07) is 8.23. The van der Waals surface area contributed by atoms with Crippen molar-refractivity contribution in [1.82, 2.24) is 0 Å². The molecule has 1 rings (SSSR count). The van der Waals surface area contributed by atoms with Gasteiger partial charge in [0.05, 0.1) is 0 Å². The van der Waals surface area contributed by atoms with Crippen molar-refractivity contribution in [3.05, 3.63) is 30.3 Å². The molecular formula is C6H5MnO2S-. The molecule has 0 aliphatic heterocycles. The normalized spacial score (nSPS) is 8.90. The van der Waals surface area contributed by atoms with E-state index in [0.29, 0.717) is 4.90 Å². The Morgan fingerprint density at radius 3 is 1.80 bits per heavy atom. The molecule has 55 valence electrons. The fourth-order valence-corrected chi connectivity index (χ4v) is 0.911. The molecule has 0 aromatic heterocycles. The van der Waals surface area contributed by atoms with E-state index in [4.69, 9.17) is 0 Å². The van der Waals surface area contributed by atoms with Gasteiger partial charge < -0.3 is 8.42 Å². The molecule has 0 saturated heterocycles. The molecule has 0 heterocycles. The molecule has 4 heteroatoms. The molecule has 0 saturated carbocycles. The second-order valence-electron chi connectivity index (χ2n) is 1.55. The maximum absolute atomic E-state index is 10.2. The molecule has 0 amide bonds. The second-order valence-corrected chi connectivity index (χ2v) is 2.49. The van der Waals surface area contributed by atoms with Crippen molar-refractivity contribution in [1.29, 1.82) is 0 Å². The summed E-state index contributed by atoms with van der Waals surface area (Å²) < 4.78 is 20.4. The van der Waals surface area contributed by atoms with E-state index in [1.165, 1.54) is 0 Å². The zero-order valence-electron chi connectivity index (χ0n) is 4.99. The van der Waals surface area contributed by atoms with E-state index < -0.39 is 10.7 Å². The van der Waals surface area contributed by atoms with E-state index in [-0.39, 0.29) is 17.1 Å². The van der Waals surface area contributed by atoms with Gasteiger partial charge in [-0.15, -0.1) is 0 Å². The Morgan fingerprint density at radius 2 is 1.50 bits per heavy atom. The fraction of sp³-hybridized carbons (Fsp3) is 0. The molecule has 0 aliphatic carbocycles. The SMILES string of the molecule is O=[S-](=O)c1ccccc1.[Mn]. The minimum absolute atomic E-state index is 0. The largest absolute Gasteiger partial charge is 0.420 e. The van der Waals surface area contributed by atoms with E-state index in [1.54, 1.807) is 30.3 Å². The molecule has 10 heavy (non-hydrogen) atoms. The van der Waals surface area contributed by atoms with Crippen molar-refractivity contribution in [2.24, 2.45) is 0 Å². The number of benzene rings is 1. The fourth-order valence-electron chi connectivity index (χ4n) is 0.532. The van der Waals surface area contributed by atoms with Gasteiger partial charge in [-0.05, 0) is 10.7 Å². The number of rotatable bonds is 1. The van der Waals surface area contributed by atoms with Crippen molar-refractivity contribution in [2.45, 2.75) is 4.90 Å². The van der Waals surface area contributed by atoms with Crippen LogP contribution in [0.1, 0.15) is 0 Å². The monoisotopic (exact) mass is 196 g/mol. The third-order valence-corrected chi connectivity index (χ3v) is 1.59. The standard InChI is InChI=1S/C6H5O2S.Mn/c7-9(8)6-4-2-1-3-5-6;/h1-5H;/q-1;. The maximum atomic E-state index is 10.2. The summed E-state index contributed by atoms with van der Waals surface area (Å²) in [5.41, 5.74) is 0. The minimum Gasteiger partial charge on any atom is -0.420 e. The summed E-state index contributed by atoms with van der Waals surface area (Å²) in [6.45, 7) is 0. The summed E-state index contributed by atoms with van der Waals surface area (Å²) in [6.07, 6.45) is 0. The van der Waals surface area contributed by atoms with Crippen LogP contribution in [0.5, 0.6) is 0 Å². The van der Waals surface area contributed by atoms with Crippen LogP contribution >= 0.6 is 0 Å². The van der Waals surface area contributed by atoms with E-state index >= 15 is 0 Å². The van der Waals surface area contributed by atoms with Crippen LogP contribution in [0, 0.1) is 0 Å². The Morgan fingerprint density at radius 1 is 1.00 bits per heavy atom. The van der Waals surface area contributed by atoms with Crippen LogP contribution in [0.15, 0.2) is 35.2 Å². The predicted octanol–water partition coefficient (Wildman–Crippen LogP) is 1.35. The van der Waals surface area contributed by atoms with E-state index in [2.05, 4.69) is 0 Å². The molecule has 0 spiro atoms. The van der Waals surface area contributed by atoms with E-state index in [9.17, 15) is 8.42 Å². The molecule has 1 radical (unpaired) electrons. The molecule has 1 aromatic rings. The zero-order chi connectivity index (χ0) is 6.69. The average molecular weight is 196 g/mol. The van der Waals surface area contributed by atoms with Gasteiger partial charge >= 0.3 is 0 Å². The summed E-state index contributed by atoms with van der Waals surface area (Å²) >= 11 is 0. The first-order chi connectivity index (χ1) is 4.30. The topological polar surface area (TPSA) is 34.1 Å². The Balaban J connectivity index is 0.000000810. The quantitative estimate of drug-likeness (QED) is 0.501. The Kier molecular flexibility index (Phi) is 4.36. The first-order valence-electron chi connectivity index (χ1n) is 2.45. The van der Waals surface area contributed by atoms with Crippen molar-refractivity contribution >= 4 is 10.7 Å². The third kappa shape index (κ3) is 2.52. The summed E-state index contributed by atoms with van der Waals surface area (Å²) in [4.78, 5) is 0.331. The second kappa shape index (κ2) is 4.50. The molecular weight excluding hydrogens is 191 g/mol. The molecule has 0 bridgehead atoms. The predicted molar refractivity (Wildman–Crippen MR) is 33.4 cm³/mol. The first kappa shape index (κ1) is 9.69. The summed E-state index contributed by atoms with van der Waals surface area (Å²) in [7, 11) is -2.08. The number of hydrogen-bond donors (Lipinski definition) is 0. The molecule has 1 aromatic carbocycles. The minimum atomic E-state index is -2.08. The van der Waals surface area contributed by atoms with E-state index in [1.807, 2.05) is 0 Å². The Bertz CT molecular complexity index is 248. The first-order valence-corrected chi connectivity index (χ1v) is 3.52. The molecule has 0 unspecified atom stereocenters. The smallest absolute Gasteiger partial charge is 0 e. The van der Waals surface area contributed by atoms with Gasteiger partial charge in [-0.25, -0.2) is 0 Å². The van der Waals surface area contributed by atoms with Gasteiger partial charge in [0, 0.05) is 17.1 Å². The van der Waals surface area contributed by atoms with Crippen LogP contribution in [-0.2, 0) is 36.2 Å². The van der Waals surface area contributed by atoms with Gasteiger partial charge in [0.1, 0.15) is 0 Å². The van der Waals surface area contributed by atoms with Gasteiger partial charge in [0.15, 0.2) is 0 Å². The van der Waals surface area contributed by atoms with Gasteiger partial charge in [0.2, 0.25) is 0 Å². The van der Waals surface area contributed by atoms with Crippen LogP contribution in [-0.4, -0.2) is 0 Å². The van der Waals surface area contributed by atoms with Crippen molar-refractivity contribution in [2.75, 3.05) is 0 Å². The number of hydrogen-bond acceptors (Lipinski definition) is 3. The maximum Gasteiger partial charge on any atom is 0 e. The molecule has 0 fully saturated rings. The molecule has 0 atom stereocenters. The molecule has 0 aliphatic rings. The van der Waals surface area contributed by atoms with Crippen molar-refractivity contribution in [3.63, 3.8) is 0 Å². The summed E-state index contributed by atoms with van der Waals surface area (Å²) in [5, 5.41) is 0. The van der Waals surface area contributed by atoms with Crippen LogP contribution in [0.3, 0.4) is 0 Å². The average Bonchev–Trinajstić information content (AvgIpc) is 1.90. The summed E-state index contributed by atoms with van der Waals surface area (Å²) in [5.74, 6) is 0. The van der Waals surface area contributed by atoms with Gasteiger partial charge in [0.25, 0.3) is 0 Å². The van der Waals surface area contributed by atoms with Crippen molar-refractivity contribution in [3.8, 4) is 0 Å². The van der Waals surface area contributed by atoms with Gasteiger partial charge in [-0.3, -0.25) is 0 Å². The zero-order valence-corrected chi connectivity index (χ0v) is 6.99. The van der Waals surface area contributed by atoms with Crippen LogP contribution < -0.4 is 0 Å². The molecule has 2 nitrogen and oxygen atoms in total. The Hall–Kier alpha value is -0.311. The van der Waals surface area contributed by atoms with Crippen LogP contribution in [0.2, 0.25) is 0 Å².